The van der Waals surface area contributed by atoms with Crippen LogP contribution in [0.5, 0.6) is 0 Å². The molecule has 0 amide bonds. The molecular formula is C11H15NS. The van der Waals surface area contributed by atoms with Crippen molar-refractivity contribution < 1.29 is 0 Å². The molecule has 1 nitrogen and oxygen atoms in total. The van der Waals surface area contributed by atoms with Crippen LogP contribution in [-0.2, 0) is 0 Å². The van der Waals surface area contributed by atoms with Crippen LogP contribution in [-0.4, -0.2) is 13.1 Å². The van der Waals surface area contributed by atoms with Crippen LogP contribution in [0.4, 0.5) is 0 Å². The van der Waals surface area contributed by atoms with Gasteiger partial charge in [-0.3, -0.25) is 0 Å². The summed E-state index contributed by atoms with van der Waals surface area (Å²) >= 11 is 1.87. The number of thiophene rings is 1. The maximum Gasteiger partial charge on any atom is 0.00950 e. The molecule has 1 aromatic rings. The van der Waals surface area contributed by atoms with Gasteiger partial charge >= 0.3 is 0 Å². The second-order valence-corrected chi connectivity index (χ2v) is 4.47. The highest BCUT2D eigenvalue weighted by molar-refractivity contribution is 7.10. The minimum Gasteiger partial charge on any atom is -0.316 e. The molecule has 1 atom stereocenters. The Morgan fingerprint density at radius 3 is 3.15 bits per heavy atom. The summed E-state index contributed by atoms with van der Waals surface area (Å²) in [5.41, 5.74) is 1.27. The van der Waals surface area contributed by atoms with Crippen molar-refractivity contribution in [2.24, 2.45) is 0 Å². The maximum absolute atomic E-state index is 3.78. The number of hydrogen-bond donors (Lipinski definition) is 1. The van der Waals surface area contributed by atoms with E-state index in [4.69, 9.17) is 0 Å². The number of piperidine rings is 1. The number of hydrogen-bond acceptors (Lipinski definition) is 2. The van der Waals surface area contributed by atoms with Gasteiger partial charge < -0.3 is 5.32 Å². The van der Waals surface area contributed by atoms with Crippen molar-refractivity contribution in [2.75, 3.05) is 13.1 Å². The summed E-state index contributed by atoms with van der Waals surface area (Å²) in [6, 6.07) is 2.27. The predicted octanol–water partition coefficient (Wildman–Crippen LogP) is 2.86. The first-order valence-electron chi connectivity index (χ1n) is 4.82. The third kappa shape index (κ3) is 2.01. The Bertz CT molecular complexity index is 284. The molecular weight excluding hydrogens is 178 g/mol. The minimum absolute atomic E-state index is 0.743. The quantitative estimate of drug-likeness (QED) is 0.761. The van der Waals surface area contributed by atoms with Gasteiger partial charge in [0.2, 0.25) is 0 Å². The van der Waals surface area contributed by atoms with Crippen LogP contribution < -0.4 is 5.32 Å². The lowest BCUT2D eigenvalue weighted by Crippen LogP contribution is -2.27. The van der Waals surface area contributed by atoms with Crippen LogP contribution in [0.25, 0.3) is 6.08 Å². The topological polar surface area (TPSA) is 12.0 Å². The number of rotatable bonds is 2. The zero-order valence-corrected chi connectivity index (χ0v) is 8.57. The van der Waals surface area contributed by atoms with Crippen molar-refractivity contribution in [1.82, 2.24) is 5.32 Å². The molecule has 0 bridgehead atoms. The third-order valence-electron chi connectivity index (χ3n) is 2.57. The van der Waals surface area contributed by atoms with Crippen LogP contribution in [0.2, 0.25) is 0 Å². The summed E-state index contributed by atoms with van der Waals surface area (Å²) in [7, 11) is 0. The van der Waals surface area contributed by atoms with Gasteiger partial charge in [-0.25, -0.2) is 0 Å². The van der Waals surface area contributed by atoms with Crippen molar-refractivity contribution in [2.45, 2.75) is 18.8 Å². The van der Waals surface area contributed by atoms with Gasteiger partial charge in [0.1, 0.15) is 0 Å². The summed E-state index contributed by atoms with van der Waals surface area (Å²) < 4.78 is 0. The smallest absolute Gasteiger partial charge is 0.00950 e. The Balaban J connectivity index is 2.09. The molecule has 1 aromatic heterocycles. The average molecular weight is 193 g/mol. The van der Waals surface area contributed by atoms with Crippen LogP contribution in [0.15, 0.2) is 18.0 Å². The lowest BCUT2D eigenvalue weighted by molar-refractivity contribution is 0.466. The van der Waals surface area contributed by atoms with E-state index < -0.39 is 0 Å². The standard InChI is InChI=1S/C11H15NS/c1-2-9-6-11(13-8-9)10-4-3-5-12-7-10/h2,6,8,10,12H,1,3-5,7H2. The number of nitrogens with one attached hydrogen (secondary N) is 1. The van der Waals surface area contributed by atoms with Crippen molar-refractivity contribution in [3.63, 3.8) is 0 Å². The summed E-state index contributed by atoms with van der Waals surface area (Å²) in [5.74, 6) is 0.743. The van der Waals surface area contributed by atoms with Crippen LogP contribution in [0.1, 0.15) is 29.2 Å². The van der Waals surface area contributed by atoms with E-state index in [2.05, 4.69) is 23.3 Å². The lowest BCUT2D eigenvalue weighted by atomic mass is 9.98. The predicted molar refractivity (Wildman–Crippen MR) is 59.3 cm³/mol. The molecule has 70 valence electrons. The van der Waals surface area contributed by atoms with Crippen LogP contribution in [0.3, 0.4) is 0 Å². The van der Waals surface area contributed by atoms with E-state index in [9.17, 15) is 0 Å². The molecule has 1 unspecified atom stereocenters. The largest absolute Gasteiger partial charge is 0.316 e. The Morgan fingerprint density at radius 2 is 2.54 bits per heavy atom. The SMILES string of the molecule is C=Cc1csc(C2CCCNC2)c1. The summed E-state index contributed by atoms with van der Waals surface area (Å²) in [6.07, 6.45) is 4.58. The first-order valence-corrected chi connectivity index (χ1v) is 5.69. The van der Waals surface area contributed by atoms with Crippen molar-refractivity contribution >= 4 is 17.4 Å². The van der Waals surface area contributed by atoms with Gasteiger partial charge in [0.25, 0.3) is 0 Å². The molecule has 0 radical (unpaired) electrons. The highest BCUT2D eigenvalue weighted by Gasteiger charge is 2.16. The van der Waals surface area contributed by atoms with E-state index in [0.29, 0.717) is 0 Å². The van der Waals surface area contributed by atoms with Crippen LogP contribution in [0, 0.1) is 0 Å². The Morgan fingerprint density at radius 1 is 1.62 bits per heavy atom. The molecule has 0 saturated carbocycles. The first kappa shape index (κ1) is 8.97. The van der Waals surface area contributed by atoms with E-state index in [1.54, 1.807) is 0 Å². The molecule has 0 spiro atoms. The minimum atomic E-state index is 0.743. The average Bonchev–Trinajstić information content (AvgIpc) is 2.67. The van der Waals surface area contributed by atoms with Crippen LogP contribution >= 0.6 is 11.3 Å². The van der Waals surface area contributed by atoms with E-state index >= 15 is 0 Å². The molecule has 1 aliphatic heterocycles. The van der Waals surface area contributed by atoms with Gasteiger partial charge in [0.05, 0.1) is 0 Å². The zero-order chi connectivity index (χ0) is 9.10. The van der Waals surface area contributed by atoms with E-state index in [0.717, 1.165) is 12.5 Å². The molecule has 2 heterocycles. The van der Waals surface area contributed by atoms with Gasteiger partial charge in [-0.15, -0.1) is 11.3 Å². The molecule has 2 heteroatoms. The molecule has 2 rings (SSSR count). The maximum atomic E-state index is 3.78. The van der Waals surface area contributed by atoms with Gasteiger partial charge in [-0.05, 0) is 36.4 Å². The monoisotopic (exact) mass is 193 g/mol. The van der Waals surface area contributed by atoms with Gasteiger partial charge in [-0.2, -0.15) is 0 Å². The highest BCUT2D eigenvalue weighted by Crippen LogP contribution is 2.29. The fourth-order valence-electron chi connectivity index (χ4n) is 1.78. The first-order chi connectivity index (χ1) is 6.40. The second-order valence-electron chi connectivity index (χ2n) is 3.53. The van der Waals surface area contributed by atoms with E-state index in [1.807, 2.05) is 17.4 Å². The van der Waals surface area contributed by atoms with E-state index in [1.165, 1.54) is 29.8 Å². The van der Waals surface area contributed by atoms with Gasteiger partial charge in [-0.1, -0.05) is 12.7 Å². The Hall–Kier alpha value is -0.600. The molecule has 1 saturated heterocycles. The van der Waals surface area contributed by atoms with E-state index in [-0.39, 0.29) is 0 Å². The molecule has 13 heavy (non-hydrogen) atoms. The zero-order valence-electron chi connectivity index (χ0n) is 7.75. The van der Waals surface area contributed by atoms with Crippen molar-refractivity contribution in [3.05, 3.63) is 28.5 Å². The molecule has 1 fully saturated rings. The molecule has 0 aromatic carbocycles. The molecule has 0 aliphatic carbocycles. The summed E-state index contributed by atoms with van der Waals surface area (Å²) in [5, 5.41) is 5.63. The fraction of sp³-hybridized carbons (Fsp3) is 0.455. The highest BCUT2D eigenvalue weighted by atomic mass is 32.1. The normalized spacial score (nSPS) is 22.9. The molecule has 1 N–H and O–H groups in total. The lowest BCUT2D eigenvalue weighted by Gasteiger charge is -2.21. The Labute approximate surface area is 83.5 Å². The summed E-state index contributed by atoms with van der Waals surface area (Å²) in [6.45, 7) is 6.12. The fourth-order valence-corrected chi connectivity index (χ4v) is 2.82. The second kappa shape index (κ2) is 4.07. The van der Waals surface area contributed by atoms with Crippen molar-refractivity contribution in [3.8, 4) is 0 Å². The molecule has 1 aliphatic rings. The Kier molecular flexibility index (Phi) is 2.81. The third-order valence-corrected chi connectivity index (χ3v) is 3.69. The van der Waals surface area contributed by atoms with Gasteiger partial charge in [0.15, 0.2) is 0 Å². The van der Waals surface area contributed by atoms with Crippen molar-refractivity contribution in [1.29, 1.82) is 0 Å². The van der Waals surface area contributed by atoms with Gasteiger partial charge in [0, 0.05) is 17.3 Å². The summed E-state index contributed by atoms with van der Waals surface area (Å²) in [4.78, 5) is 1.52.